The van der Waals surface area contributed by atoms with Crippen molar-refractivity contribution >= 4 is 21.5 Å². The van der Waals surface area contributed by atoms with Gasteiger partial charge in [-0.1, -0.05) is 84.4 Å². The molecule has 0 spiro atoms. The maximum atomic E-state index is 5.34. The van der Waals surface area contributed by atoms with Crippen molar-refractivity contribution in [2.45, 2.75) is 25.7 Å². The van der Waals surface area contributed by atoms with Gasteiger partial charge in [0.1, 0.15) is 0 Å². The molecule has 1 aromatic heterocycles. The van der Waals surface area contributed by atoms with Gasteiger partial charge in [-0.3, -0.25) is 0 Å². The van der Waals surface area contributed by atoms with Crippen LogP contribution < -0.4 is 0 Å². The van der Waals surface area contributed by atoms with Crippen molar-refractivity contribution in [3.05, 3.63) is 102 Å². The molecular formula is C29H23N. The Morgan fingerprint density at radius 3 is 1.90 bits per heavy atom. The average Bonchev–Trinajstić information content (AvgIpc) is 3.63. The van der Waals surface area contributed by atoms with Crippen LogP contribution in [0.5, 0.6) is 0 Å². The smallest absolute Gasteiger partial charge is 0.0788 e. The Kier molecular flexibility index (Phi) is 3.95. The summed E-state index contributed by atoms with van der Waals surface area (Å²) >= 11 is 0. The summed E-state index contributed by atoms with van der Waals surface area (Å²) in [5.74, 6) is 0.614. The third-order valence-electron chi connectivity index (χ3n) is 6.27. The maximum Gasteiger partial charge on any atom is 0.0788 e. The van der Waals surface area contributed by atoms with E-state index in [4.69, 9.17) is 4.98 Å². The van der Waals surface area contributed by atoms with E-state index in [1.807, 2.05) is 0 Å². The molecule has 0 saturated heterocycles. The minimum absolute atomic E-state index is 0.614. The fourth-order valence-electron chi connectivity index (χ4n) is 4.55. The third-order valence-corrected chi connectivity index (χ3v) is 6.27. The van der Waals surface area contributed by atoms with E-state index >= 15 is 0 Å². The molecule has 30 heavy (non-hydrogen) atoms. The molecule has 5 aromatic rings. The summed E-state index contributed by atoms with van der Waals surface area (Å²) in [4.78, 5) is 5.34. The fourth-order valence-corrected chi connectivity index (χ4v) is 4.55. The summed E-state index contributed by atoms with van der Waals surface area (Å²) in [5, 5.41) is 5.20. The maximum absolute atomic E-state index is 5.34. The van der Waals surface area contributed by atoms with Crippen LogP contribution in [0.3, 0.4) is 0 Å². The molecule has 1 aliphatic rings. The van der Waals surface area contributed by atoms with Crippen molar-refractivity contribution in [3.63, 3.8) is 0 Å². The molecule has 0 radical (unpaired) electrons. The molecule has 144 valence electrons. The van der Waals surface area contributed by atoms with Crippen molar-refractivity contribution in [2.75, 3.05) is 0 Å². The van der Waals surface area contributed by atoms with E-state index in [2.05, 4.69) is 97.9 Å². The van der Waals surface area contributed by atoms with E-state index in [9.17, 15) is 0 Å². The molecule has 0 amide bonds. The van der Waals surface area contributed by atoms with Crippen LogP contribution in [0.25, 0.3) is 44.1 Å². The van der Waals surface area contributed by atoms with Gasteiger partial charge >= 0.3 is 0 Å². The molecule has 6 rings (SSSR count). The largest absolute Gasteiger partial charge is 0.247 e. The highest BCUT2D eigenvalue weighted by atomic mass is 14.7. The summed E-state index contributed by atoms with van der Waals surface area (Å²) in [6, 6.07) is 32.9. The first-order chi connectivity index (χ1) is 14.8. The molecule has 1 fully saturated rings. The molecule has 1 nitrogen and oxygen atoms in total. The summed E-state index contributed by atoms with van der Waals surface area (Å²) in [5.41, 5.74) is 7.32. The zero-order valence-corrected chi connectivity index (χ0v) is 17.1. The second-order valence-electron chi connectivity index (χ2n) is 8.47. The molecule has 0 bridgehead atoms. The number of aryl methyl sites for hydroxylation is 1. The first-order valence-corrected chi connectivity index (χ1v) is 10.8. The number of hydrogen-bond acceptors (Lipinski definition) is 1. The lowest BCUT2D eigenvalue weighted by Gasteiger charge is -2.17. The Morgan fingerprint density at radius 2 is 1.23 bits per heavy atom. The van der Waals surface area contributed by atoms with Crippen molar-refractivity contribution < 1.29 is 0 Å². The summed E-state index contributed by atoms with van der Waals surface area (Å²) in [6.45, 7) is 2.13. The SMILES string of the molecule is Cc1ccc(-c2nc(-c3ccccc3)c(C3CC3)c3cc4ccccc4cc23)cc1. The van der Waals surface area contributed by atoms with Gasteiger partial charge in [-0.05, 0) is 59.5 Å². The van der Waals surface area contributed by atoms with Gasteiger partial charge in [0.05, 0.1) is 11.4 Å². The predicted octanol–water partition coefficient (Wildman–Crippen LogP) is 7.91. The predicted molar refractivity (Wildman–Crippen MR) is 127 cm³/mol. The van der Waals surface area contributed by atoms with Crippen molar-refractivity contribution in [3.8, 4) is 22.5 Å². The Morgan fingerprint density at radius 1 is 0.633 bits per heavy atom. The zero-order valence-electron chi connectivity index (χ0n) is 17.1. The van der Waals surface area contributed by atoms with E-state index in [1.165, 1.54) is 56.6 Å². The number of pyridine rings is 1. The van der Waals surface area contributed by atoms with Crippen molar-refractivity contribution in [2.24, 2.45) is 0 Å². The van der Waals surface area contributed by atoms with Crippen LogP contribution >= 0.6 is 0 Å². The lowest BCUT2D eigenvalue weighted by atomic mass is 9.91. The van der Waals surface area contributed by atoms with Gasteiger partial charge in [-0.25, -0.2) is 4.98 Å². The van der Waals surface area contributed by atoms with Gasteiger partial charge in [-0.2, -0.15) is 0 Å². The highest BCUT2D eigenvalue weighted by Gasteiger charge is 2.30. The van der Waals surface area contributed by atoms with Gasteiger partial charge in [0, 0.05) is 16.5 Å². The van der Waals surface area contributed by atoms with E-state index in [1.54, 1.807) is 0 Å². The van der Waals surface area contributed by atoms with Crippen LogP contribution in [0.15, 0.2) is 91.0 Å². The molecular weight excluding hydrogens is 362 g/mol. The second-order valence-corrected chi connectivity index (χ2v) is 8.47. The molecule has 1 heterocycles. The molecule has 1 saturated carbocycles. The Balaban J connectivity index is 1.76. The molecule has 0 atom stereocenters. The Bertz CT molecular complexity index is 1380. The van der Waals surface area contributed by atoms with Crippen molar-refractivity contribution in [1.82, 2.24) is 4.98 Å². The Labute approximate surface area is 177 Å². The van der Waals surface area contributed by atoms with Crippen LogP contribution in [-0.4, -0.2) is 4.98 Å². The first-order valence-electron chi connectivity index (χ1n) is 10.8. The van der Waals surface area contributed by atoms with E-state index in [0.29, 0.717) is 5.92 Å². The average molecular weight is 386 g/mol. The van der Waals surface area contributed by atoms with Crippen LogP contribution in [-0.2, 0) is 0 Å². The van der Waals surface area contributed by atoms with Crippen molar-refractivity contribution in [1.29, 1.82) is 0 Å². The van der Waals surface area contributed by atoms with Crippen LogP contribution in [0, 0.1) is 6.92 Å². The van der Waals surface area contributed by atoms with Gasteiger partial charge in [0.2, 0.25) is 0 Å². The summed E-state index contributed by atoms with van der Waals surface area (Å²) in [7, 11) is 0. The minimum atomic E-state index is 0.614. The van der Waals surface area contributed by atoms with E-state index < -0.39 is 0 Å². The molecule has 1 heteroatoms. The Hall–Kier alpha value is -3.45. The van der Waals surface area contributed by atoms with Gasteiger partial charge in [0.25, 0.3) is 0 Å². The standard InChI is InChI=1S/C29H23N/c1-19-11-13-22(14-12-19)28-26-18-24-10-6-5-9-23(24)17-25(26)27(20-15-16-20)29(30-28)21-7-3-2-4-8-21/h2-14,17-18,20H,15-16H2,1H3. The monoisotopic (exact) mass is 385 g/mol. The van der Waals surface area contributed by atoms with Crippen LogP contribution in [0.2, 0.25) is 0 Å². The summed E-state index contributed by atoms with van der Waals surface area (Å²) < 4.78 is 0. The zero-order chi connectivity index (χ0) is 20.1. The van der Waals surface area contributed by atoms with E-state index in [-0.39, 0.29) is 0 Å². The molecule has 0 N–H and O–H groups in total. The first kappa shape index (κ1) is 17.4. The number of nitrogens with zero attached hydrogens (tertiary/aromatic N) is 1. The summed E-state index contributed by atoms with van der Waals surface area (Å²) in [6.07, 6.45) is 2.51. The quantitative estimate of drug-likeness (QED) is 0.288. The topological polar surface area (TPSA) is 12.9 Å². The minimum Gasteiger partial charge on any atom is -0.247 e. The van der Waals surface area contributed by atoms with Crippen LogP contribution in [0.1, 0.15) is 29.9 Å². The lowest BCUT2D eigenvalue weighted by Crippen LogP contribution is -1.98. The molecule has 0 aliphatic heterocycles. The number of hydrogen-bond donors (Lipinski definition) is 0. The van der Waals surface area contributed by atoms with Gasteiger partial charge < -0.3 is 0 Å². The van der Waals surface area contributed by atoms with Crippen LogP contribution in [0.4, 0.5) is 0 Å². The van der Waals surface area contributed by atoms with E-state index in [0.717, 1.165) is 11.4 Å². The number of fused-ring (bicyclic) bond motifs is 2. The second kappa shape index (κ2) is 6.81. The highest BCUT2D eigenvalue weighted by Crippen LogP contribution is 2.49. The molecule has 1 aliphatic carbocycles. The highest BCUT2D eigenvalue weighted by molar-refractivity contribution is 6.07. The third kappa shape index (κ3) is 2.90. The number of benzene rings is 4. The van der Waals surface area contributed by atoms with Gasteiger partial charge in [0.15, 0.2) is 0 Å². The fraction of sp³-hybridized carbons (Fsp3) is 0.138. The molecule has 4 aromatic carbocycles. The molecule has 0 unspecified atom stereocenters. The van der Waals surface area contributed by atoms with Gasteiger partial charge in [-0.15, -0.1) is 0 Å². The number of rotatable bonds is 3. The number of aromatic nitrogens is 1. The lowest BCUT2D eigenvalue weighted by molar-refractivity contribution is 1.12. The normalized spacial score (nSPS) is 13.8.